The summed E-state index contributed by atoms with van der Waals surface area (Å²) >= 11 is 5.84. The molecular formula is C12H18Cl2N2O2. The lowest BCUT2D eigenvalue weighted by Crippen LogP contribution is -2.38. The minimum absolute atomic E-state index is 0. The number of benzene rings is 1. The lowest BCUT2D eigenvalue weighted by atomic mass is 10.3. The van der Waals surface area contributed by atoms with Crippen LogP contribution in [0.15, 0.2) is 24.3 Å². The van der Waals surface area contributed by atoms with E-state index in [4.69, 9.17) is 16.3 Å². The maximum Gasteiger partial charge on any atom is 0.234 e. The highest BCUT2D eigenvalue weighted by atomic mass is 35.5. The summed E-state index contributed by atoms with van der Waals surface area (Å²) in [6, 6.07) is 7.18. The van der Waals surface area contributed by atoms with Gasteiger partial charge >= 0.3 is 0 Å². The van der Waals surface area contributed by atoms with Crippen LogP contribution in [-0.2, 0) is 4.79 Å². The molecule has 0 aliphatic heterocycles. The molecule has 0 fully saturated rings. The maximum absolute atomic E-state index is 11.2. The van der Waals surface area contributed by atoms with E-state index in [0.717, 1.165) is 0 Å². The van der Waals surface area contributed by atoms with Gasteiger partial charge in [0.2, 0.25) is 5.91 Å². The van der Waals surface area contributed by atoms with E-state index < -0.39 is 0 Å². The van der Waals surface area contributed by atoms with E-state index in [2.05, 4.69) is 10.6 Å². The summed E-state index contributed by atoms with van der Waals surface area (Å²) in [4.78, 5) is 11.2. The number of halogens is 2. The molecule has 0 radical (unpaired) electrons. The molecule has 1 amide bonds. The third-order valence-corrected chi connectivity index (χ3v) is 2.29. The smallest absolute Gasteiger partial charge is 0.234 e. The van der Waals surface area contributed by atoms with Crippen molar-refractivity contribution in [3.05, 3.63) is 29.3 Å². The molecule has 0 bridgehead atoms. The first-order chi connectivity index (χ1) is 8.11. The highest BCUT2D eigenvalue weighted by Gasteiger charge is 2.06. The zero-order valence-electron chi connectivity index (χ0n) is 10.4. The quantitative estimate of drug-likeness (QED) is 0.842. The zero-order valence-corrected chi connectivity index (χ0v) is 12.0. The predicted octanol–water partition coefficient (Wildman–Crippen LogP) is 1.86. The minimum atomic E-state index is -0.103. The summed E-state index contributed by atoms with van der Waals surface area (Å²) in [5.41, 5.74) is 0. The number of nitrogens with one attached hydrogen (secondary N) is 2. The van der Waals surface area contributed by atoms with Crippen molar-refractivity contribution in [2.45, 2.75) is 13.0 Å². The molecule has 18 heavy (non-hydrogen) atoms. The number of carbonyl (C=O) groups excluding carboxylic acids is 1. The fourth-order valence-corrected chi connectivity index (χ4v) is 1.48. The van der Waals surface area contributed by atoms with Crippen LogP contribution in [0.5, 0.6) is 5.75 Å². The minimum Gasteiger partial charge on any atom is -0.489 e. The first kappa shape index (κ1) is 17.0. The second-order valence-corrected chi connectivity index (χ2v) is 4.16. The summed E-state index contributed by atoms with van der Waals surface area (Å²) in [6.07, 6.45) is -0.103. The topological polar surface area (TPSA) is 50.4 Å². The molecule has 0 saturated heterocycles. The number of hydrogen-bond acceptors (Lipinski definition) is 3. The fourth-order valence-electron chi connectivity index (χ4n) is 1.29. The number of ether oxygens (including phenoxy) is 1. The molecule has 0 aliphatic rings. The zero-order chi connectivity index (χ0) is 12.7. The Hall–Kier alpha value is -0.970. The van der Waals surface area contributed by atoms with Gasteiger partial charge in [0.1, 0.15) is 11.9 Å². The van der Waals surface area contributed by atoms with Crippen molar-refractivity contribution in [2.24, 2.45) is 0 Å². The Morgan fingerprint density at radius 1 is 1.50 bits per heavy atom. The molecule has 0 saturated carbocycles. The van der Waals surface area contributed by atoms with Crippen LogP contribution in [0.1, 0.15) is 6.92 Å². The van der Waals surface area contributed by atoms with Crippen molar-refractivity contribution in [3.8, 4) is 5.75 Å². The van der Waals surface area contributed by atoms with Gasteiger partial charge in [-0.05, 0) is 32.2 Å². The van der Waals surface area contributed by atoms with Crippen LogP contribution in [0, 0.1) is 0 Å². The van der Waals surface area contributed by atoms with Gasteiger partial charge in [-0.3, -0.25) is 4.79 Å². The highest BCUT2D eigenvalue weighted by Crippen LogP contribution is 2.18. The molecule has 0 heterocycles. The van der Waals surface area contributed by atoms with E-state index in [-0.39, 0.29) is 24.4 Å². The second kappa shape index (κ2) is 9.03. The molecule has 1 atom stereocenters. The Morgan fingerprint density at radius 3 is 2.83 bits per heavy atom. The number of carbonyl (C=O) groups is 1. The van der Waals surface area contributed by atoms with E-state index in [9.17, 15) is 4.79 Å². The molecule has 1 unspecified atom stereocenters. The first-order valence-corrected chi connectivity index (χ1v) is 5.83. The Kier molecular flexibility index (Phi) is 8.54. The van der Waals surface area contributed by atoms with E-state index >= 15 is 0 Å². The fraction of sp³-hybridized carbons (Fsp3) is 0.417. The summed E-state index contributed by atoms with van der Waals surface area (Å²) in [6.45, 7) is 2.66. The van der Waals surface area contributed by atoms with Crippen LogP contribution in [0.25, 0.3) is 0 Å². The lowest BCUT2D eigenvalue weighted by Gasteiger charge is -2.15. The standard InChI is InChI=1S/C12H17ClN2O2.ClH/c1-9(7-15-12(16)8-14-2)17-11-5-3-4-10(13)6-11;/h3-6,9,14H,7-8H2,1-2H3,(H,15,16);1H. The third-order valence-electron chi connectivity index (χ3n) is 2.06. The Balaban J connectivity index is 0.00000289. The van der Waals surface area contributed by atoms with Gasteiger partial charge in [-0.2, -0.15) is 0 Å². The van der Waals surface area contributed by atoms with Gasteiger partial charge in [-0.25, -0.2) is 0 Å². The van der Waals surface area contributed by atoms with E-state index in [1.165, 1.54) is 0 Å². The van der Waals surface area contributed by atoms with E-state index in [1.807, 2.05) is 19.1 Å². The Bertz CT molecular complexity index is 375. The van der Waals surface area contributed by atoms with Gasteiger partial charge in [0.15, 0.2) is 0 Å². The lowest BCUT2D eigenvalue weighted by molar-refractivity contribution is -0.120. The van der Waals surface area contributed by atoms with Gasteiger partial charge < -0.3 is 15.4 Å². The van der Waals surface area contributed by atoms with Gasteiger partial charge in [0.25, 0.3) is 0 Å². The molecule has 102 valence electrons. The Labute approximate surface area is 118 Å². The van der Waals surface area contributed by atoms with Crippen molar-refractivity contribution in [1.82, 2.24) is 10.6 Å². The normalized spacial score (nSPS) is 11.3. The molecule has 2 N–H and O–H groups in total. The van der Waals surface area contributed by atoms with Crippen molar-refractivity contribution < 1.29 is 9.53 Å². The molecule has 0 spiro atoms. The van der Waals surface area contributed by atoms with Crippen LogP contribution >= 0.6 is 24.0 Å². The molecule has 0 aliphatic carbocycles. The number of likely N-dealkylation sites (N-methyl/N-ethyl adjacent to an activating group) is 1. The summed E-state index contributed by atoms with van der Waals surface area (Å²) in [5.74, 6) is 0.655. The van der Waals surface area contributed by atoms with Crippen molar-refractivity contribution in [2.75, 3.05) is 20.1 Å². The van der Waals surface area contributed by atoms with Crippen LogP contribution in [0.4, 0.5) is 0 Å². The van der Waals surface area contributed by atoms with Gasteiger partial charge in [0, 0.05) is 5.02 Å². The van der Waals surface area contributed by atoms with E-state index in [1.54, 1.807) is 19.2 Å². The monoisotopic (exact) mass is 292 g/mol. The summed E-state index contributed by atoms with van der Waals surface area (Å²) < 4.78 is 5.60. The molecule has 6 heteroatoms. The van der Waals surface area contributed by atoms with Gasteiger partial charge in [-0.15, -0.1) is 12.4 Å². The highest BCUT2D eigenvalue weighted by molar-refractivity contribution is 6.30. The summed E-state index contributed by atoms with van der Waals surface area (Å²) in [5, 5.41) is 6.17. The second-order valence-electron chi connectivity index (χ2n) is 3.72. The molecule has 0 aromatic heterocycles. The predicted molar refractivity (Wildman–Crippen MR) is 75.7 cm³/mol. The number of rotatable bonds is 6. The van der Waals surface area contributed by atoms with Crippen molar-refractivity contribution in [1.29, 1.82) is 0 Å². The first-order valence-electron chi connectivity index (χ1n) is 5.45. The largest absolute Gasteiger partial charge is 0.489 e. The SMILES string of the molecule is CNCC(=O)NCC(C)Oc1cccc(Cl)c1.Cl. The van der Waals surface area contributed by atoms with Crippen LogP contribution in [0.2, 0.25) is 5.02 Å². The Morgan fingerprint density at radius 2 is 2.22 bits per heavy atom. The van der Waals surface area contributed by atoms with Crippen molar-refractivity contribution >= 4 is 29.9 Å². The average Bonchev–Trinajstić information content (AvgIpc) is 2.27. The molecular weight excluding hydrogens is 275 g/mol. The number of hydrogen-bond donors (Lipinski definition) is 2. The van der Waals surface area contributed by atoms with Crippen LogP contribution < -0.4 is 15.4 Å². The van der Waals surface area contributed by atoms with Crippen molar-refractivity contribution in [3.63, 3.8) is 0 Å². The van der Waals surface area contributed by atoms with E-state index in [0.29, 0.717) is 23.9 Å². The molecule has 1 aromatic carbocycles. The third kappa shape index (κ3) is 6.69. The average molecular weight is 293 g/mol. The van der Waals surface area contributed by atoms with Crippen LogP contribution in [-0.4, -0.2) is 32.1 Å². The molecule has 1 aromatic rings. The summed E-state index contributed by atoms with van der Waals surface area (Å²) in [7, 11) is 1.73. The molecule has 1 rings (SSSR count). The number of amides is 1. The van der Waals surface area contributed by atoms with Gasteiger partial charge in [-0.1, -0.05) is 17.7 Å². The molecule has 4 nitrogen and oxygen atoms in total. The van der Waals surface area contributed by atoms with Crippen LogP contribution in [0.3, 0.4) is 0 Å². The van der Waals surface area contributed by atoms with Gasteiger partial charge in [0.05, 0.1) is 13.1 Å². The maximum atomic E-state index is 11.2.